The molecule has 0 aromatic carbocycles. The highest BCUT2D eigenvalue weighted by Gasteiger charge is 2.33. The molecule has 1 heterocycles. The lowest BCUT2D eigenvalue weighted by Crippen LogP contribution is -2.48. The Labute approximate surface area is 133 Å². The second-order valence-corrected chi connectivity index (χ2v) is 8.08. The summed E-state index contributed by atoms with van der Waals surface area (Å²) in [6.45, 7) is 13.4. The van der Waals surface area contributed by atoms with Gasteiger partial charge in [-0.3, -0.25) is 4.90 Å². The topological polar surface area (TPSA) is 15.3 Å². The molecular formula is C19H38N2. The van der Waals surface area contributed by atoms with Gasteiger partial charge in [0.2, 0.25) is 0 Å². The quantitative estimate of drug-likeness (QED) is 0.779. The number of nitrogens with one attached hydrogen (secondary N) is 1. The van der Waals surface area contributed by atoms with Crippen LogP contribution >= 0.6 is 0 Å². The van der Waals surface area contributed by atoms with Crippen molar-refractivity contribution in [2.75, 3.05) is 19.6 Å². The maximum absolute atomic E-state index is 3.72. The van der Waals surface area contributed by atoms with Crippen molar-refractivity contribution in [3.63, 3.8) is 0 Å². The van der Waals surface area contributed by atoms with Crippen LogP contribution in [0.2, 0.25) is 0 Å². The van der Waals surface area contributed by atoms with E-state index in [4.69, 9.17) is 0 Å². The summed E-state index contributed by atoms with van der Waals surface area (Å²) in [6, 6.07) is 1.60. The Kier molecular flexibility index (Phi) is 6.55. The van der Waals surface area contributed by atoms with Crippen molar-refractivity contribution in [2.24, 2.45) is 11.3 Å². The van der Waals surface area contributed by atoms with E-state index in [1.807, 2.05) is 0 Å². The van der Waals surface area contributed by atoms with Gasteiger partial charge in [-0.15, -0.1) is 0 Å². The van der Waals surface area contributed by atoms with Gasteiger partial charge in [0.1, 0.15) is 0 Å². The molecule has 2 fully saturated rings. The molecule has 1 saturated carbocycles. The van der Waals surface area contributed by atoms with Crippen LogP contribution in [0.5, 0.6) is 0 Å². The van der Waals surface area contributed by atoms with Gasteiger partial charge < -0.3 is 5.32 Å². The van der Waals surface area contributed by atoms with Crippen molar-refractivity contribution >= 4 is 0 Å². The van der Waals surface area contributed by atoms with Gasteiger partial charge in [-0.05, 0) is 62.9 Å². The van der Waals surface area contributed by atoms with Crippen molar-refractivity contribution in [3.05, 3.63) is 0 Å². The number of piperidine rings is 1. The standard InChI is InChI=1S/C19H38N2/c1-5-19(3,4)16-10-12-18(13-11-16)21(6-2)15-17-9-7-8-14-20-17/h16-18,20H,5-15H2,1-4H3. The Morgan fingerprint density at radius 3 is 2.24 bits per heavy atom. The van der Waals surface area contributed by atoms with E-state index in [0.29, 0.717) is 5.41 Å². The smallest absolute Gasteiger partial charge is 0.0195 e. The molecule has 124 valence electrons. The van der Waals surface area contributed by atoms with Crippen molar-refractivity contribution in [1.82, 2.24) is 10.2 Å². The monoisotopic (exact) mass is 294 g/mol. The van der Waals surface area contributed by atoms with Crippen LogP contribution in [0.4, 0.5) is 0 Å². The van der Waals surface area contributed by atoms with Gasteiger partial charge in [0, 0.05) is 18.6 Å². The maximum Gasteiger partial charge on any atom is 0.0195 e. The molecule has 1 aliphatic heterocycles. The molecule has 1 unspecified atom stereocenters. The maximum atomic E-state index is 3.72. The molecule has 1 aliphatic carbocycles. The van der Waals surface area contributed by atoms with Gasteiger partial charge in [-0.1, -0.05) is 40.5 Å². The molecule has 21 heavy (non-hydrogen) atoms. The van der Waals surface area contributed by atoms with Crippen molar-refractivity contribution < 1.29 is 0 Å². The molecule has 0 bridgehead atoms. The fraction of sp³-hybridized carbons (Fsp3) is 1.00. The number of hydrogen-bond donors (Lipinski definition) is 1. The Morgan fingerprint density at radius 1 is 1.00 bits per heavy atom. The summed E-state index contributed by atoms with van der Waals surface area (Å²) in [6.07, 6.45) is 11.2. The summed E-state index contributed by atoms with van der Waals surface area (Å²) in [7, 11) is 0. The summed E-state index contributed by atoms with van der Waals surface area (Å²) in [5.74, 6) is 0.949. The molecule has 2 aliphatic rings. The molecule has 1 atom stereocenters. The zero-order valence-electron chi connectivity index (χ0n) is 15.0. The molecule has 0 spiro atoms. The Morgan fingerprint density at radius 2 is 1.71 bits per heavy atom. The Bertz CT molecular complexity index is 286. The van der Waals surface area contributed by atoms with Gasteiger partial charge in [0.05, 0.1) is 0 Å². The van der Waals surface area contributed by atoms with Gasteiger partial charge in [-0.25, -0.2) is 0 Å². The van der Waals surface area contributed by atoms with Crippen molar-refractivity contribution in [2.45, 2.75) is 91.1 Å². The van der Waals surface area contributed by atoms with Crippen LogP contribution in [0, 0.1) is 11.3 Å². The molecule has 1 N–H and O–H groups in total. The third kappa shape index (κ3) is 4.69. The van der Waals surface area contributed by atoms with E-state index in [1.165, 1.54) is 71.0 Å². The third-order valence-corrected chi connectivity index (χ3v) is 6.50. The second kappa shape index (κ2) is 7.97. The summed E-state index contributed by atoms with van der Waals surface area (Å²) in [5.41, 5.74) is 0.549. The molecule has 1 saturated heterocycles. The van der Waals surface area contributed by atoms with E-state index in [9.17, 15) is 0 Å². The predicted molar refractivity (Wildman–Crippen MR) is 92.7 cm³/mol. The highest BCUT2D eigenvalue weighted by Crippen LogP contribution is 2.41. The first-order chi connectivity index (χ1) is 10.1. The minimum absolute atomic E-state index is 0.549. The Hall–Kier alpha value is -0.0800. The van der Waals surface area contributed by atoms with Crippen LogP contribution in [-0.2, 0) is 0 Å². The molecule has 2 heteroatoms. The zero-order valence-corrected chi connectivity index (χ0v) is 15.0. The average Bonchev–Trinajstić information content (AvgIpc) is 2.54. The highest BCUT2D eigenvalue weighted by atomic mass is 15.2. The average molecular weight is 295 g/mol. The number of nitrogens with zero attached hydrogens (tertiary/aromatic N) is 1. The van der Waals surface area contributed by atoms with Crippen molar-refractivity contribution in [3.8, 4) is 0 Å². The van der Waals surface area contributed by atoms with Crippen LogP contribution in [0.1, 0.15) is 79.1 Å². The lowest BCUT2D eigenvalue weighted by atomic mass is 9.68. The molecule has 0 radical (unpaired) electrons. The minimum atomic E-state index is 0.549. The molecule has 2 rings (SSSR count). The van der Waals surface area contributed by atoms with Gasteiger partial charge in [-0.2, -0.15) is 0 Å². The molecule has 0 amide bonds. The molecular weight excluding hydrogens is 256 g/mol. The van der Waals surface area contributed by atoms with Crippen LogP contribution < -0.4 is 5.32 Å². The van der Waals surface area contributed by atoms with E-state index >= 15 is 0 Å². The predicted octanol–water partition coefficient (Wildman–Crippen LogP) is 4.45. The van der Waals surface area contributed by atoms with Crippen LogP contribution in [0.25, 0.3) is 0 Å². The summed E-state index contributed by atoms with van der Waals surface area (Å²) >= 11 is 0. The van der Waals surface area contributed by atoms with Crippen LogP contribution in [0.3, 0.4) is 0 Å². The van der Waals surface area contributed by atoms with E-state index in [2.05, 4.69) is 37.9 Å². The summed E-state index contributed by atoms with van der Waals surface area (Å²) in [5, 5.41) is 3.72. The second-order valence-electron chi connectivity index (χ2n) is 8.08. The molecule has 0 aromatic heterocycles. The minimum Gasteiger partial charge on any atom is -0.313 e. The third-order valence-electron chi connectivity index (χ3n) is 6.50. The first kappa shape index (κ1) is 17.3. The first-order valence-electron chi connectivity index (χ1n) is 9.54. The lowest BCUT2D eigenvalue weighted by molar-refractivity contribution is 0.0802. The van der Waals surface area contributed by atoms with Gasteiger partial charge in [0.15, 0.2) is 0 Å². The number of rotatable bonds is 6. The van der Waals surface area contributed by atoms with Crippen LogP contribution in [0.15, 0.2) is 0 Å². The van der Waals surface area contributed by atoms with Crippen molar-refractivity contribution in [1.29, 1.82) is 0 Å². The fourth-order valence-corrected chi connectivity index (χ4v) is 4.41. The highest BCUT2D eigenvalue weighted by molar-refractivity contribution is 4.87. The summed E-state index contributed by atoms with van der Waals surface area (Å²) in [4.78, 5) is 2.78. The van der Waals surface area contributed by atoms with E-state index in [1.54, 1.807) is 0 Å². The zero-order chi connectivity index (χ0) is 15.3. The van der Waals surface area contributed by atoms with E-state index < -0.39 is 0 Å². The lowest BCUT2D eigenvalue weighted by Gasteiger charge is -2.43. The number of likely N-dealkylation sites (N-methyl/N-ethyl adjacent to an activating group) is 1. The Balaban J connectivity index is 1.81. The largest absolute Gasteiger partial charge is 0.313 e. The number of hydrogen-bond acceptors (Lipinski definition) is 2. The van der Waals surface area contributed by atoms with Gasteiger partial charge in [0.25, 0.3) is 0 Å². The van der Waals surface area contributed by atoms with Gasteiger partial charge >= 0.3 is 0 Å². The van der Waals surface area contributed by atoms with Crippen LogP contribution in [-0.4, -0.2) is 36.6 Å². The SMILES string of the molecule is CCN(CC1CCCCN1)C1CCC(C(C)(C)CC)CC1. The van der Waals surface area contributed by atoms with E-state index in [0.717, 1.165) is 18.0 Å². The normalized spacial score (nSPS) is 31.6. The summed E-state index contributed by atoms with van der Waals surface area (Å²) < 4.78 is 0. The fourth-order valence-electron chi connectivity index (χ4n) is 4.41. The molecule has 2 nitrogen and oxygen atoms in total. The first-order valence-corrected chi connectivity index (χ1v) is 9.54. The molecule has 0 aromatic rings. The van der Waals surface area contributed by atoms with E-state index in [-0.39, 0.29) is 0 Å².